The molecule has 1 heterocycles. The first-order valence-corrected chi connectivity index (χ1v) is 9.76. The van der Waals surface area contributed by atoms with E-state index >= 15 is 0 Å². The number of rotatable bonds is 7. The van der Waals surface area contributed by atoms with Gasteiger partial charge >= 0.3 is 5.97 Å². The highest BCUT2D eigenvalue weighted by Gasteiger charge is 2.34. The van der Waals surface area contributed by atoms with Gasteiger partial charge in [-0.25, -0.2) is 9.18 Å². The predicted molar refractivity (Wildman–Crippen MR) is 105 cm³/mol. The second-order valence-electron chi connectivity index (χ2n) is 7.02. The fourth-order valence-corrected chi connectivity index (χ4v) is 3.63. The summed E-state index contributed by atoms with van der Waals surface area (Å²) in [4.78, 5) is 13.6. The Morgan fingerprint density at radius 3 is 2.64 bits per heavy atom. The van der Waals surface area contributed by atoms with Gasteiger partial charge in [-0.3, -0.25) is 4.57 Å². The summed E-state index contributed by atoms with van der Waals surface area (Å²) in [5, 5.41) is 9.46. The molecule has 1 aliphatic carbocycles. The first-order valence-electron chi connectivity index (χ1n) is 9.35. The maximum absolute atomic E-state index is 13.2. The van der Waals surface area contributed by atoms with Crippen LogP contribution in [0.3, 0.4) is 0 Å². The van der Waals surface area contributed by atoms with Gasteiger partial charge in [0.15, 0.2) is 6.67 Å². The number of hydrogen-bond acceptors (Lipinski definition) is 4. The molecule has 1 N–H and O–H groups in total. The molecule has 0 bridgehead atoms. The average Bonchev–Trinajstić information content (AvgIpc) is 3.51. The van der Waals surface area contributed by atoms with Crippen molar-refractivity contribution in [3.8, 4) is 6.07 Å². The zero-order chi connectivity index (χ0) is 20.3. The molecule has 5 nitrogen and oxygen atoms in total. The van der Waals surface area contributed by atoms with Crippen molar-refractivity contribution in [3.63, 3.8) is 0 Å². The summed E-state index contributed by atoms with van der Waals surface area (Å²) in [5.41, 5.74) is 2.39. The van der Waals surface area contributed by atoms with E-state index in [9.17, 15) is 14.4 Å². The minimum absolute atomic E-state index is 0.254. The maximum atomic E-state index is 13.2. The van der Waals surface area contributed by atoms with Crippen LogP contribution < -0.4 is 4.90 Å². The second-order valence-corrected chi connectivity index (χ2v) is 7.40. The molecule has 1 aliphatic rings. The van der Waals surface area contributed by atoms with Crippen LogP contribution in [-0.4, -0.2) is 23.2 Å². The van der Waals surface area contributed by atoms with Crippen LogP contribution in [0.2, 0.25) is 0 Å². The van der Waals surface area contributed by atoms with E-state index < -0.39 is 5.97 Å². The number of ether oxygens (including phenoxy) is 1. The molecular formula is C21H23FN3O2S+. The first kappa shape index (κ1) is 20.2. The summed E-state index contributed by atoms with van der Waals surface area (Å²) in [6, 6.07) is 10.6. The van der Waals surface area contributed by atoms with Crippen LogP contribution in [0.1, 0.15) is 46.9 Å². The normalized spacial score (nSPS) is 14.4. The van der Waals surface area contributed by atoms with Crippen molar-refractivity contribution in [1.29, 1.82) is 5.26 Å². The van der Waals surface area contributed by atoms with Gasteiger partial charge in [-0.15, -0.1) is 0 Å². The summed E-state index contributed by atoms with van der Waals surface area (Å²) in [7, 11) is 0. The van der Waals surface area contributed by atoms with Crippen molar-refractivity contribution in [1.82, 2.24) is 4.57 Å². The van der Waals surface area contributed by atoms with E-state index in [1.807, 2.05) is 11.5 Å². The molecule has 1 unspecified atom stereocenters. The van der Waals surface area contributed by atoms with Crippen LogP contribution in [0.5, 0.6) is 0 Å². The number of nitriles is 1. The smallest absolute Gasteiger partial charge is 0.339 e. The molecule has 3 rings (SSSR count). The number of hydrogen-bond donors (Lipinski definition) is 1. The van der Waals surface area contributed by atoms with E-state index in [0.717, 1.165) is 24.9 Å². The highest BCUT2D eigenvalue weighted by atomic mass is 32.1. The summed E-state index contributed by atoms with van der Waals surface area (Å²) in [5.74, 6) is -0.706. The molecule has 0 spiro atoms. The van der Waals surface area contributed by atoms with Gasteiger partial charge in [0, 0.05) is 24.1 Å². The van der Waals surface area contributed by atoms with Crippen LogP contribution in [0.15, 0.2) is 30.3 Å². The van der Waals surface area contributed by atoms with E-state index in [1.54, 1.807) is 19.1 Å². The fourth-order valence-electron chi connectivity index (χ4n) is 3.33. The molecule has 1 atom stereocenters. The molecule has 1 saturated carbocycles. The van der Waals surface area contributed by atoms with Gasteiger partial charge in [0.1, 0.15) is 23.1 Å². The molecule has 0 saturated heterocycles. The van der Waals surface area contributed by atoms with Gasteiger partial charge in [-0.05, 0) is 32.0 Å². The van der Waals surface area contributed by atoms with Gasteiger partial charge in [-0.1, -0.05) is 24.4 Å². The molecule has 0 aliphatic heterocycles. The minimum Gasteiger partial charge on any atom is -0.462 e. The van der Waals surface area contributed by atoms with Gasteiger partial charge in [-0.2, -0.15) is 5.26 Å². The SMILES string of the molecule is CCOC(=O)c1cc(C#N)c(=S)n(C[NH+](Cc2ccc(F)cc2)C2CC2)c1C. The molecule has 1 aromatic heterocycles. The summed E-state index contributed by atoms with van der Waals surface area (Å²) >= 11 is 5.52. The van der Waals surface area contributed by atoms with Gasteiger partial charge < -0.3 is 9.64 Å². The number of nitrogens with one attached hydrogen (secondary N) is 1. The molecule has 0 radical (unpaired) electrons. The lowest BCUT2D eigenvalue weighted by Crippen LogP contribution is -3.11. The highest BCUT2D eigenvalue weighted by Crippen LogP contribution is 2.18. The summed E-state index contributed by atoms with van der Waals surface area (Å²) in [6.45, 7) is 5.09. The predicted octanol–water partition coefficient (Wildman–Crippen LogP) is 2.92. The van der Waals surface area contributed by atoms with E-state index in [0.29, 0.717) is 34.2 Å². The Kier molecular flexibility index (Phi) is 6.22. The number of carbonyl (C=O) groups is 1. The second kappa shape index (κ2) is 8.63. The summed E-state index contributed by atoms with van der Waals surface area (Å²) < 4.78 is 20.6. The highest BCUT2D eigenvalue weighted by molar-refractivity contribution is 7.71. The van der Waals surface area contributed by atoms with E-state index in [1.165, 1.54) is 23.1 Å². The third-order valence-electron chi connectivity index (χ3n) is 5.04. The fraction of sp³-hybridized carbons (Fsp3) is 0.381. The zero-order valence-corrected chi connectivity index (χ0v) is 16.8. The molecule has 1 aromatic carbocycles. The number of aromatic nitrogens is 1. The number of nitrogens with zero attached hydrogens (tertiary/aromatic N) is 2. The molecule has 0 amide bonds. The lowest BCUT2D eigenvalue weighted by atomic mass is 10.1. The Bertz CT molecular complexity index is 975. The van der Waals surface area contributed by atoms with Gasteiger partial charge in [0.25, 0.3) is 0 Å². The van der Waals surface area contributed by atoms with E-state index in [-0.39, 0.29) is 12.4 Å². The zero-order valence-electron chi connectivity index (χ0n) is 16.0. The monoisotopic (exact) mass is 400 g/mol. The molecule has 7 heteroatoms. The Morgan fingerprint density at radius 2 is 2.07 bits per heavy atom. The summed E-state index contributed by atoms with van der Waals surface area (Å²) in [6.07, 6.45) is 2.23. The van der Waals surface area contributed by atoms with Crippen LogP contribution in [0, 0.1) is 28.7 Å². The van der Waals surface area contributed by atoms with Gasteiger partial charge in [0.2, 0.25) is 0 Å². The molecule has 28 heavy (non-hydrogen) atoms. The number of pyridine rings is 1. The van der Waals surface area contributed by atoms with Crippen molar-refractivity contribution in [3.05, 3.63) is 63.2 Å². The molecular weight excluding hydrogens is 377 g/mol. The van der Waals surface area contributed by atoms with Crippen molar-refractivity contribution in [2.75, 3.05) is 6.61 Å². The Balaban J connectivity index is 1.95. The topological polar surface area (TPSA) is 59.5 Å². The van der Waals surface area contributed by atoms with Crippen LogP contribution in [0.25, 0.3) is 0 Å². The average molecular weight is 400 g/mol. The van der Waals surface area contributed by atoms with E-state index in [4.69, 9.17) is 17.0 Å². The van der Waals surface area contributed by atoms with Gasteiger partial charge in [0.05, 0.1) is 23.8 Å². The third kappa shape index (κ3) is 4.46. The van der Waals surface area contributed by atoms with Crippen LogP contribution in [0.4, 0.5) is 4.39 Å². The maximum Gasteiger partial charge on any atom is 0.339 e. The van der Waals surface area contributed by atoms with Crippen molar-refractivity contribution < 1.29 is 18.8 Å². The molecule has 1 fully saturated rings. The number of halogens is 1. The minimum atomic E-state index is -0.452. The van der Waals surface area contributed by atoms with Crippen LogP contribution >= 0.6 is 12.2 Å². The number of quaternary nitrogens is 1. The Hall–Kier alpha value is -2.56. The van der Waals surface area contributed by atoms with E-state index in [2.05, 4.69) is 6.07 Å². The lowest BCUT2D eigenvalue weighted by Gasteiger charge is -2.23. The first-order chi connectivity index (χ1) is 13.4. The molecule has 146 valence electrons. The van der Waals surface area contributed by atoms with Crippen LogP contribution in [-0.2, 0) is 18.0 Å². The standard InChI is InChI=1S/C21H22FN3O2S/c1-3-27-21(26)19-10-16(11-23)20(28)25(14(19)2)13-24(18-8-9-18)12-15-4-6-17(22)7-5-15/h4-7,10,18H,3,8-9,12-13H2,1-2H3/p+1. The lowest BCUT2D eigenvalue weighted by molar-refractivity contribution is -0.947. The number of benzene rings is 1. The Labute approximate surface area is 169 Å². The number of carbonyl (C=O) groups excluding carboxylic acids is 1. The quantitative estimate of drug-likeness (QED) is 0.574. The van der Waals surface area contributed by atoms with Crippen molar-refractivity contribution in [2.24, 2.45) is 0 Å². The van der Waals surface area contributed by atoms with Crippen molar-refractivity contribution >= 4 is 18.2 Å². The largest absolute Gasteiger partial charge is 0.462 e. The third-order valence-corrected chi connectivity index (χ3v) is 5.48. The molecule has 2 aromatic rings. The number of esters is 1. The van der Waals surface area contributed by atoms with Crippen molar-refractivity contribution in [2.45, 2.75) is 45.9 Å². The Morgan fingerprint density at radius 1 is 1.39 bits per heavy atom.